The lowest BCUT2D eigenvalue weighted by molar-refractivity contribution is -0.145. The number of aliphatic carboxylic acids is 1. The van der Waals surface area contributed by atoms with Gasteiger partial charge in [-0.15, -0.1) is 0 Å². The Morgan fingerprint density at radius 1 is 1.50 bits per heavy atom. The molecule has 3 N–H and O–H groups in total. The molecule has 1 aliphatic carbocycles. The third kappa shape index (κ3) is 2.03. The number of carboxylic acid groups (broad SMARTS) is 1. The van der Waals surface area contributed by atoms with E-state index >= 15 is 0 Å². The Labute approximate surface area is 105 Å². The minimum atomic E-state index is -1.04. The Kier molecular flexibility index (Phi) is 3.23. The van der Waals surface area contributed by atoms with E-state index in [0.717, 1.165) is 5.56 Å². The van der Waals surface area contributed by atoms with Gasteiger partial charge in [-0.1, -0.05) is 13.0 Å². The minimum absolute atomic E-state index is 0.00340. The van der Waals surface area contributed by atoms with Crippen LogP contribution in [0.25, 0.3) is 0 Å². The number of ketones is 1. The van der Waals surface area contributed by atoms with Crippen molar-refractivity contribution in [1.82, 2.24) is 0 Å². The summed E-state index contributed by atoms with van der Waals surface area (Å²) >= 11 is 0. The van der Waals surface area contributed by atoms with Crippen LogP contribution in [0.5, 0.6) is 5.75 Å². The summed E-state index contributed by atoms with van der Waals surface area (Å²) in [5, 5.41) is 8.94. The molecule has 5 heteroatoms. The minimum Gasteiger partial charge on any atom is -0.479 e. The van der Waals surface area contributed by atoms with Gasteiger partial charge in [0.05, 0.1) is 5.69 Å². The zero-order chi connectivity index (χ0) is 13.3. The number of anilines is 1. The van der Waals surface area contributed by atoms with Crippen molar-refractivity contribution in [2.24, 2.45) is 0 Å². The molecule has 0 heterocycles. The van der Waals surface area contributed by atoms with E-state index in [-0.39, 0.29) is 17.2 Å². The number of ether oxygens (including phenoxy) is 1. The molecular formula is C13H15NO4. The van der Waals surface area contributed by atoms with E-state index in [0.29, 0.717) is 24.8 Å². The molecule has 1 aliphatic rings. The Morgan fingerprint density at radius 2 is 2.22 bits per heavy atom. The number of fused-ring (bicyclic) bond motifs is 1. The van der Waals surface area contributed by atoms with Crippen LogP contribution in [0.3, 0.4) is 0 Å². The maximum absolute atomic E-state index is 11.7. The Balaban J connectivity index is 2.33. The van der Waals surface area contributed by atoms with Gasteiger partial charge in [0.1, 0.15) is 5.75 Å². The van der Waals surface area contributed by atoms with Gasteiger partial charge in [-0.2, -0.15) is 0 Å². The number of carbonyl (C=O) groups is 2. The summed E-state index contributed by atoms with van der Waals surface area (Å²) in [6, 6.07) is 3.42. The van der Waals surface area contributed by atoms with E-state index in [2.05, 4.69) is 0 Å². The van der Waals surface area contributed by atoms with E-state index in [9.17, 15) is 9.59 Å². The van der Waals surface area contributed by atoms with Gasteiger partial charge in [0.15, 0.2) is 11.9 Å². The fraction of sp³-hybridized carbons (Fsp3) is 0.385. The van der Waals surface area contributed by atoms with Crippen LogP contribution in [0.4, 0.5) is 5.69 Å². The number of rotatable bonds is 4. The predicted molar refractivity (Wildman–Crippen MR) is 65.8 cm³/mol. The van der Waals surface area contributed by atoms with E-state index in [4.69, 9.17) is 15.6 Å². The summed E-state index contributed by atoms with van der Waals surface area (Å²) in [5.41, 5.74) is 7.55. The number of hydrogen-bond acceptors (Lipinski definition) is 4. The van der Waals surface area contributed by atoms with Crippen LogP contribution in [-0.4, -0.2) is 23.0 Å². The topological polar surface area (TPSA) is 89.6 Å². The van der Waals surface area contributed by atoms with Crippen LogP contribution in [0.2, 0.25) is 0 Å². The normalized spacial score (nSPS) is 15.3. The lowest BCUT2D eigenvalue weighted by atomic mass is 10.1. The molecule has 0 spiro atoms. The second-order valence-electron chi connectivity index (χ2n) is 4.29. The molecule has 96 valence electrons. The third-order valence-corrected chi connectivity index (χ3v) is 3.11. The third-order valence-electron chi connectivity index (χ3n) is 3.11. The maximum Gasteiger partial charge on any atom is 0.344 e. The second-order valence-corrected chi connectivity index (χ2v) is 4.29. The molecule has 18 heavy (non-hydrogen) atoms. The molecule has 0 aliphatic heterocycles. The van der Waals surface area contributed by atoms with Crippen molar-refractivity contribution in [3.63, 3.8) is 0 Å². The van der Waals surface area contributed by atoms with Gasteiger partial charge in [-0.05, 0) is 24.5 Å². The van der Waals surface area contributed by atoms with Gasteiger partial charge in [0.2, 0.25) is 0 Å². The highest BCUT2D eigenvalue weighted by Gasteiger charge is 2.26. The molecule has 0 saturated heterocycles. The largest absolute Gasteiger partial charge is 0.479 e. The molecule has 1 unspecified atom stereocenters. The lowest BCUT2D eigenvalue weighted by Gasteiger charge is -2.16. The first-order chi connectivity index (χ1) is 8.54. The van der Waals surface area contributed by atoms with Gasteiger partial charge < -0.3 is 15.6 Å². The van der Waals surface area contributed by atoms with Crippen LogP contribution < -0.4 is 10.5 Å². The summed E-state index contributed by atoms with van der Waals surface area (Å²) in [4.78, 5) is 22.6. The summed E-state index contributed by atoms with van der Waals surface area (Å²) in [6.07, 6.45) is 0.537. The smallest absolute Gasteiger partial charge is 0.344 e. The van der Waals surface area contributed by atoms with Crippen molar-refractivity contribution in [1.29, 1.82) is 0 Å². The monoisotopic (exact) mass is 249 g/mol. The number of benzene rings is 1. The molecule has 0 aromatic heterocycles. The zero-order valence-electron chi connectivity index (χ0n) is 10.1. The standard InChI is InChI=1S/C13H15NO4/c1-2-9(13(16)17)18-10-6-4-7-3-5-8(15)11(7)12(10)14/h4,6,9H,2-3,5,14H2,1H3,(H,16,17). The molecule has 0 fully saturated rings. The number of Topliss-reactive ketones (excluding diaryl/α,β-unsaturated/α-hetero) is 1. The fourth-order valence-electron chi connectivity index (χ4n) is 2.12. The van der Waals surface area contributed by atoms with Crippen LogP contribution in [0.1, 0.15) is 35.7 Å². The molecule has 1 atom stereocenters. The second kappa shape index (κ2) is 4.68. The van der Waals surface area contributed by atoms with E-state index in [1.165, 1.54) is 0 Å². The fourth-order valence-corrected chi connectivity index (χ4v) is 2.12. The zero-order valence-corrected chi connectivity index (χ0v) is 10.1. The first-order valence-electron chi connectivity index (χ1n) is 5.88. The average Bonchev–Trinajstić information content (AvgIpc) is 2.70. The van der Waals surface area contributed by atoms with E-state index in [1.54, 1.807) is 19.1 Å². The van der Waals surface area contributed by atoms with Crippen molar-refractivity contribution >= 4 is 17.4 Å². The van der Waals surface area contributed by atoms with Gasteiger partial charge in [0, 0.05) is 12.0 Å². The first-order valence-corrected chi connectivity index (χ1v) is 5.88. The van der Waals surface area contributed by atoms with E-state index < -0.39 is 12.1 Å². The molecular weight excluding hydrogens is 234 g/mol. The molecule has 5 nitrogen and oxygen atoms in total. The van der Waals surface area contributed by atoms with E-state index in [1.807, 2.05) is 0 Å². The molecule has 0 bridgehead atoms. The molecule has 1 aromatic carbocycles. The van der Waals surface area contributed by atoms with Crippen molar-refractivity contribution in [2.45, 2.75) is 32.3 Å². The Bertz CT molecular complexity index is 510. The highest BCUT2D eigenvalue weighted by molar-refractivity contribution is 6.05. The van der Waals surface area contributed by atoms with Gasteiger partial charge in [0.25, 0.3) is 0 Å². The molecule has 0 amide bonds. The highest BCUT2D eigenvalue weighted by atomic mass is 16.5. The first kappa shape index (κ1) is 12.4. The average molecular weight is 249 g/mol. The van der Waals surface area contributed by atoms with Crippen LogP contribution in [0.15, 0.2) is 12.1 Å². The van der Waals surface area contributed by atoms with Crippen molar-refractivity contribution in [3.05, 3.63) is 23.3 Å². The number of nitrogens with two attached hydrogens (primary N) is 1. The summed E-state index contributed by atoms with van der Waals surface area (Å²) in [6.45, 7) is 1.72. The maximum atomic E-state index is 11.7. The summed E-state index contributed by atoms with van der Waals surface area (Å²) in [7, 11) is 0. The van der Waals surface area contributed by atoms with Crippen LogP contribution >= 0.6 is 0 Å². The molecule has 0 radical (unpaired) electrons. The number of nitrogen functional groups attached to an aromatic ring is 1. The number of carbonyl (C=O) groups excluding carboxylic acids is 1. The summed E-state index contributed by atoms with van der Waals surface area (Å²) in [5.74, 6) is -0.765. The molecule has 2 rings (SSSR count). The molecule has 1 aromatic rings. The van der Waals surface area contributed by atoms with Gasteiger partial charge in [-0.3, -0.25) is 4.79 Å². The Hall–Kier alpha value is -2.04. The number of hydrogen-bond donors (Lipinski definition) is 2. The molecule has 0 saturated carbocycles. The Morgan fingerprint density at radius 3 is 2.83 bits per heavy atom. The number of carboxylic acids is 1. The quantitative estimate of drug-likeness (QED) is 0.792. The highest BCUT2D eigenvalue weighted by Crippen LogP contribution is 2.34. The van der Waals surface area contributed by atoms with Crippen molar-refractivity contribution in [2.75, 3.05) is 5.73 Å². The number of aryl methyl sites for hydroxylation is 1. The SMILES string of the molecule is CCC(Oc1ccc2c(c1N)C(=O)CC2)C(=O)O. The van der Waals surface area contributed by atoms with Crippen LogP contribution in [0, 0.1) is 0 Å². The van der Waals surface area contributed by atoms with Crippen LogP contribution in [-0.2, 0) is 11.2 Å². The predicted octanol–water partition coefficient (Wildman–Crippen LogP) is 1.64. The van der Waals surface area contributed by atoms with Gasteiger partial charge in [-0.25, -0.2) is 4.79 Å². The summed E-state index contributed by atoms with van der Waals surface area (Å²) < 4.78 is 5.35. The van der Waals surface area contributed by atoms with Gasteiger partial charge >= 0.3 is 5.97 Å². The lowest BCUT2D eigenvalue weighted by Crippen LogP contribution is -2.26. The van der Waals surface area contributed by atoms with Crippen molar-refractivity contribution < 1.29 is 19.4 Å². The van der Waals surface area contributed by atoms with Crippen molar-refractivity contribution in [3.8, 4) is 5.75 Å².